The number of nitrogens with two attached hydrogens (primary N) is 1. The second-order valence-electron chi connectivity index (χ2n) is 5.92. The molecular weight excluding hydrogens is 220 g/mol. The Balaban J connectivity index is 2.03. The SMILES string of the molecule is Cc1ccc(C(N)C(C)N2CCCC(C)C2)cc1. The van der Waals surface area contributed by atoms with Crippen molar-refractivity contribution in [2.24, 2.45) is 11.7 Å². The molecule has 2 heteroatoms. The molecule has 1 aliphatic heterocycles. The Morgan fingerprint density at radius 1 is 1.28 bits per heavy atom. The molecule has 0 spiro atoms. The fourth-order valence-electron chi connectivity index (χ4n) is 2.89. The maximum Gasteiger partial charge on any atom is 0.0450 e. The smallest absolute Gasteiger partial charge is 0.0450 e. The van der Waals surface area contributed by atoms with Crippen LogP contribution in [0.1, 0.15) is 43.9 Å². The summed E-state index contributed by atoms with van der Waals surface area (Å²) in [4.78, 5) is 2.55. The van der Waals surface area contributed by atoms with E-state index >= 15 is 0 Å². The number of piperidine rings is 1. The molecule has 1 aromatic rings. The first-order valence-electron chi connectivity index (χ1n) is 7.14. The highest BCUT2D eigenvalue weighted by Gasteiger charge is 2.25. The summed E-state index contributed by atoms with van der Waals surface area (Å²) in [6, 6.07) is 9.20. The second kappa shape index (κ2) is 5.85. The molecule has 1 saturated heterocycles. The Morgan fingerprint density at radius 2 is 1.94 bits per heavy atom. The van der Waals surface area contributed by atoms with Gasteiger partial charge in [-0.25, -0.2) is 0 Å². The van der Waals surface area contributed by atoms with Gasteiger partial charge >= 0.3 is 0 Å². The van der Waals surface area contributed by atoms with Crippen molar-refractivity contribution in [3.8, 4) is 0 Å². The van der Waals surface area contributed by atoms with E-state index in [0.29, 0.717) is 6.04 Å². The molecule has 0 aliphatic carbocycles. The third kappa shape index (κ3) is 3.12. The first kappa shape index (κ1) is 13.6. The molecule has 1 fully saturated rings. The Labute approximate surface area is 111 Å². The van der Waals surface area contributed by atoms with Crippen molar-refractivity contribution < 1.29 is 0 Å². The van der Waals surface area contributed by atoms with E-state index in [0.717, 1.165) is 5.92 Å². The van der Waals surface area contributed by atoms with Gasteiger partial charge in [0.2, 0.25) is 0 Å². The van der Waals surface area contributed by atoms with Crippen LogP contribution in [0.3, 0.4) is 0 Å². The van der Waals surface area contributed by atoms with Crippen molar-refractivity contribution in [3.05, 3.63) is 35.4 Å². The van der Waals surface area contributed by atoms with Crippen LogP contribution < -0.4 is 5.73 Å². The fourth-order valence-corrected chi connectivity index (χ4v) is 2.89. The largest absolute Gasteiger partial charge is 0.323 e. The highest BCUT2D eigenvalue weighted by Crippen LogP contribution is 2.24. The Kier molecular flexibility index (Phi) is 4.41. The first-order chi connectivity index (χ1) is 8.58. The average Bonchev–Trinajstić information content (AvgIpc) is 2.38. The molecule has 0 bridgehead atoms. The molecule has 0 saturated carbocycles. The van der Waals surface area contributed by atoms with Gasteiger partial charge in [0.15, 0.2) is 0 Å². The van der Waals surface area contributed by atoms with Crippen LogP contribution in [-0.4, -0.2) is 24.0 Å². The van der Waals surface area contributed by atoms with E-state index in [1.54, 1.807) is 0 Å². The number of benzene rings is 1. The molecule has 0 amide bonds. The first-order valence-corrected chi connectivity index (χ1v) is 7.14. The topological polar surface area (TPSA) is 29.3 Å². The van der Waals surface area contributed by atoms with Crippen molar-refractivity contribution in [3.63, 3.8) is 0 Å². The molecule has 0 radical (unpaired) electrons. The molecule has 1 aliphatic rings. The summed E-state index contributed by atoms with van der Waals surface area (Å²) in [6.45, 7) is 9.12. The van der Waals surface area contributed by atoms with Gasteiger partial charge in [0, 0.05) is 18.6 Å². The minimum Gasteiger partial charge on any atom is -0.323 e. The zero-order valence-electron chi connectivity index (χ0n) is 11.9. The summed E-state index contributed by atoms with van der Waals surface area (Å²) in [5.74, 6) is 0.811. The van der Waals surface area contributed by atoms with Crippen molar-refractivity contribution in [2.45, 2.75) is 45.7 Å². The van der Waals surface area contributed by atoms with E-state index in [4.69, 9.17) is 5.73 Å². The standard InChI is InChI=1S/C16H26N2/c1-12-6-8-15(9-7-12)16(17)14(3)18-10-4-5-13(2)11-18/h6-9,13-14,16H,4-5,10-11,17H2,1-3H3. The molecule has 2 N–H and O–H groups in total. The van der Waals surface area contributed by atoms with Crippen LogP contribution >= 0.6 is 0 Å². The number of rotatable bonds is 3. The molecule has 3 atom stereocenters. The third-order valence-corrected chi connectivity index (χ3v) is 4.25. The second-order valence-corrected chi connectivity index (χ2v) is 5.92. The van der Waals surface area contributed by atoms with Gasteiger partial charge < -0.3 is 5.73 Å². The fraction of sp³-hybridized carbons (Fsp3) is 0.625. The van der Waals surface area contributed by atoms with Gasteiger partial charge in [0.05, 0.1) is 0 Å². The minimum absolute atomic E-state index is 0.121. The summed E-state index contributed by atoms with van der Waals surface area (Å²) in [5.41, 5.74) is 8.98. The zero-order chi connectivity index (χ0) is 13.1. The molecule has 100 valence electrons. The van der Waals surface area contributed by atoms with E-state index in [-0.39, 0.29) is 6.04 Å². The summed E-state index contributed by atoms with van der Waals surface area (Å²) in [6.07, 6.45) is 2.68. The predicted octanol–water partition coefficient (Wildman–Crippen LogP) is 3.12. The molecule has 18 heavy (non-hydrogen) atoms. The predicted molar refractivity (Wildman–Crippen MR) is 77.5 cm³/mol. The summed E-state index contributed by atoms with van der Waals surface area (Å²) < 4.78 is 0. The van der Waals surface area contributed by atoms with E-state index < -0.39 is 0 Å². The van der Waals surface area contributed by atoms with Crippen molar-refractivity contribution in [1.82, 2.24) is 4.90 Å². The van der Waals surface area contributed by atoms with Crippen LogP contribution in [0.5, 0.6) is 0 Å². The van der Waals surface area contributed by atoms with Crippen LogP contribution in [0, 0.1) is 12.8 Å². The van der Waals surface area contributed by atoms with Gasteiger partial charge in [-0.15, -0.1) is 0 Å². The van der Waals surface area contributed by atoms with Gasteiger partial charge in [-0.05, 0) is 44.7 Å². The minimum atomic E-state index is 0.121. The van der Waals surface area contributed by atoms with E-state index in [1.807, 2.05) is 0 Å². The highest BCUT2D eigenvalue weighted by molar-refractivity contribution is 5.24. The van der Waals surface area contributed by atoms with Crippen LogP contribution in [-0.2, 0) is 0 Å². The van der Waals surface area contributed by atoms with Crippen LogP contribution in [0.15, 0.2) is 24.3 Å². The molecule has 1 heterocycles. The monoisotopic (exact) mass is 246 g/mol. The Morgan fingerprint density at radius 3 is 2.56 bits per heavy atom. The van der Waals surface area contributed by atoms with Gasteiger partial charge in [0.1, 0.15) is 0 Å². The molecule has 0 aromatic heterocycles. The van der Waals surface area contributed by atoms with Crippen LogP contribution in [0.25, 0.3) is 0 Å². The number of hydrogen-bond acceptors (Lipinski definition) is 2. The van der Waals surface area contributed by atoms with E-state index in [9.17, 15) is 0 Å². The van der Waals surface area contributed by atoms with Crippen LogP contribution in [0.2, 0.25) is 0 Å². The molecule has 3 unspecified atom stereocenters. The summed E-state index contributed by atoms with van der Waals surface area (Å²) >= 11 is 0. The number of hydrogen-bond donors (Lipinski definition) is 1. The Hall–Kier alpha value is -0.860. The van der Waals surface area contributed by atoms with Crippen LogP contribution in [0.4, 0.5) is 0 Å². The molecule has 1 aromatic carbocycles. The maximum absolute atomic E-state index is 6.42. The highest BCUT2D eigenvalue weighted by atomic mass is 15.2. The van der Waals surface area contributed by atoms with E-state index in [1.165, 1.54) is 37.1 Å². The molecular formula is C16H26N2. The quantitative estimate of drug-likeness (QED) is 0.888. The van der Waals surface area contributed by atoms with Gasteiger partial charge in [-0.2, -0.15) is 0 Å². The number of likely N-dealkylation sites (tertiary alicyclic amines) is 1. The van der Waals surface area contributed by atoms with Gasteiger partial charge in [0.25, 0.3) is 0 Å². The van der Waals surface area contributed by atoms with E-state index in [2.05, 4.69) is 49.9 Å². The number of aryl methyl sites for hydroxylation is 1. The average molecular weight is 246 g/mol. The lowest BCUT2D eigenvalue weighted by atomic mass is 9.94. The lowest BCUT2D eigenvalue weighted by molar-refractivity contribution is 0.122. The molecule has 2 rings (SSSR count). The maximum atomic E-state index is 6.42. The zero-order valence-corrected chi connectivity index (χ0v) is 11.9. The van der Waals surface area contributed by atoms with Crippen molar-refractivity contribution in [1.29, 1.82) is 0 Å². The van der Waals surface area contributed by atoms with Gasteiger partial charge in [-0.3, -0.25) is 4.90 Å². The van der Waals surface area contributed by atoms with Gasteiger partial charge in [-0.1, -0.05) is 36.8 Å². The Bertz CT molecular complexity index is 371. The molecule has 2 nitrogen and oxygen atoms in total. The number of nitrogens with zero attached hydrogens (tertiary/aromatic N) is 1. The lowest BCUT2D eigenvalue weighted by Gasteiger charge is -2.38. The summed E-state index contributed by atoms with van der Waals surface area (Å²) in [7, 11) is 0. The normalized spacial score (nSPS) is 24.8. The van der Waals surface area contributed by atoms with Crippen molar-refractivity contribution in [2.75, 3.05) is 13.1 Å². The summed E-state index contributed by atoms with van der Waals surface area (Å²) in [5, 5.41) is 0. The lowest BCUT2D eigenvalue weighted by Crippen LogP contribution is -2.45. The van der Waals surface area contributed by atoms with Crippen molar-refractivity contribution >= 4 is 0 Å². The third-order valence-electron chi connectivity index (χ3n) is 4.25.